The van der Waals surface area contributed by atoms with Crippen molar-refractivity contribution in [2.24, 2.45) is 11.8 Å². The molecule has 1 aromatic carbocycles. The van der Waals surface area contributed by atoms with Crippen LogP contribution >= 0.6 is 11.6 Å². The maximum absolute atomic E-state index is 11.8. The van der Waals surface area contributed by atoms with Crippen LogP contribution in [-0.2, 0) is 4.79 Å². The topological polar surface area (TPSA) is 49.3 Å². The molecule has 4 heteroatoms. The molecule has 0 radical (unpaired) electrons. The highest BCUT2D eigenvalue weighted by molar-refractivity contribution is 6.33. The Kier molecular flexibility index (Phi) is 4.04. The number of anilines is 1. The van der Waals surface area contributed by atoms with Crippen LogP contribution in [0.4, 0.5) is 5.69 Å². The Morgan fingerprint density at radius 2 is 2.11 bits per heavy atom. The van der Waals surface area contributed by atoms with E-state index in [0.29, 0.717) is 23.0 Å². The van der Waals surface area contributed by atoms with Crippen molar-refractivity contribution in [2.45, 2.75) is 38.6 Å². The first-order chi connectivity index (χ1) is 8.97. The number of benzene rings is 1. The van der Waals surface area contributed by atoms with Crippen LogP contribution in [0, 0.1) is 11.8 Å². The lowest BCUT2D eigenvalue weighted by Crippen LogP contribution is -2.55. The maximum Gasteiger partial charge on any atom is 0.329 e. The fourth-order valence-electron chi connectivity index (χ4n) is 3.00. The molecule has 1 saturated carbocycles. The summed E-state index contributed by atoms with van der Waals surface area (Å²) in [5, 5.41) is 13.5. The Morgan fingerprint density at radius 1 is 1.42 bits per heavy atom. The van der Waals surface area contributed by atoms with Gasteiger partial charge in [-0.25, -0.2) is 4.79 Å². The van der Waals surface area contributed by atoms with Gasteiger partial charge < -0.3 is 10.4 Å². The first kappa shape index (κ1) is 14.2. The van der Waals surface area contributed by atoms with Gasteiger partial charge in [-0.2, -0.15) is 0 Å². The predicted octanol–water partition coefficient (Wildman–Crippen LogP) is 4.03. The Labute approximate surface area is 119 Å². The summed E-state index contributed by atoms with van der Waals surface area (Å²) in [6.07, 6.45) is 2.65. The number of carboxylic acids is 1. The third-order valence-corrected chi connectivity index (χ3v) is 4.80. The fourth-order valence-corrected chi connectivity index (χ4v) is 3.18. The number of carbonyl (C=O) groups is 1. The number of carboxylic acid groups (broad SMARTS) is 1. The van der Waals surface area contributed by atoms with E-state index < -0.39 is 11.5 Å². The zero-order valence-corrected chi connectivity index (χ0v) is 12.1. The van der Waals surface area contributed by atoms with Crippen molar-refractivity contribution in [3.05, 3.63) is 29.3 Å². The molecule has 1 aromatic rings. The van der Waals surface area contributed by atoms with Crippen LogP contribution in [0.5, 0.6) is 0 Å². The Balaban J connectivity index is 2.35. The van der Waals surface area contributed by atoms with Crippen molar-refractivity contribution in [3.63, 3.8) is 0 Å². The normalized spacial score (nSPS) is 30.9. The minimum Gasteiger partial charge on any atom is -0.479 e. The van der Waals surface area contributed by atoms with E-state index in [-0.39, 0.29) is 5.92 Å². The third kappa shape index (κ3) is 2.57. The lowest BCUT2D eigenvalue weighted by molar-refractivity contribution is -0.146. The van der Waals surface area contributed by atoms with Gasteiger partial charge >= 0.3 is 5.97 Å². The van der Waals surface area contributed by atoms with Crippen molar-refractivity contribution in [3.8, 4) is 0 Å². The van der Waals surface area contributed by atoms with Crippen LogP contribution in [-0.4, -0.2) is 16.6 Å². The van der Waals surface area contributed by atoms with Gasteiger partial charge in [0, 0.05) is 0 Å². The summed E-state index contributed by atoms with van der Waals surface area (Å²) < 4.78 is 0. The third-order valence-electron chi connectivity index (χ3n) is 4.47. The van der Waals surface area contributed by atoms with Crippen molar-refractivity contribution in [2.75, 3.05) is 5.32 Å². The SMILES string of the molecule is CC1CCCC(Nc2ccccc2Cl)(C(=O)O)C1C. The summed E-state index contributed by atoms with van der Waals surface area (Å²) in [5.41, 5.74) is -0.213. The van der Waals surface area contributed by atoms with E-state index in [0.717, 1.165) is 12.8 Å². The van der Waals surface area contributed by atoms with E-state index in [1.165, 1.54) is 0 Å². The minimum absolute atomic E-state index is 0.0648. The van der Waals surface area contributed by atoms with Gasteiger partial charge in [-0.15, -0.1) is 0 Å². The van der Waals surface area contributed by atoms with Crippen molar-refractivity contribution >= 4 is 23.3 Å². The van der Waals surface area contributed by atoms with E-state index >= 15 is 0 Å². The molecule has 1 aliphatic carbocycles. The summed E-state index contributed by atoms with van der Waals surface area (Å²) >= 11 is 6.14. The average molecular weight is 282 g/mol. The molecule has 1 aliphatic rings. The molecule has 0 heterocycles. The number of nitrogens with one attached hydrogen (secondary N) is 1. The molecule has 0 spiro atoms. The molecule has 3 unspecified atom stereocenters. The van der Waals surface area contributed by atoms with Crippen molar-refractivity contribution in [1.82, 2.24) is 0 Å². The highest BCUT2D eigenvalue weighted by Gasteiger charge is 2.48. The standard InChI is InChI=1S/C15H20ClNO2/c1-10-6-5-9-15(11(10)2,14(18)19)17-13-8-4-3-7-12(13)16/h3-4,7-8,10-11,17H,5-6,9H2,1-2H3,(H,18,19). The quantitative estimate of drug-likeness (QED) is 0.879. The van der Waals surface area contributed by atoms with Gasteiger partial charge in [0.25, 0.3) is 0 Å². The van der Waals surface area contributed by atoms with Gasteiger partial charge in [0.05, 0.1) is 10.7 Å². The summed E-state index contributed by atoms with van der Waals surface area (Å²) in [5.74, 6) is -0.332. The lowest BCUT2D eigenvalue weighted by Gasteiger charge is -2.43. The Morgan fingerprint density at radius 3 is 2.74 bits per heavy atom. The van der Waals surface area contributed by atoms with Gasteiger partial charge in [-0.3, -0.25) is 0 Å². The number of rotatable bonds is 3. The van der Waals surface area contributed by atoms with E-state index in [1.54, 1.807) is 6.07 Å². The molecule has 3 nitrogen and oxygen atoms in total. The molecule has 0 amide bonds. The van der Waals surface area contributed by atoms with E-state index in [4.69, 9.17) is 11.6 Å². The highest BCUT2D eigenvalue weighted by atomic mass is 35.5. The molecule has 2 N–H and O–H groups in total. The molecule has 0 bridgehead atoms. The smallest absolute Gasteiger partial charge is 0.329 e. The molecule has 0 aromatic heterocycles. The molecule has 19 heavy (non-hydrogen) atoms. The summed E-state index contributed by atoms with van der Waals surface area (Å²) in [4.78, 5) is 11.8. The van der Waals surface area contributed by atoms with Gasteiger partial charge in [0.2, 0.25) is 0 Å². The van der Waals surface area contributed by atoms with Gasteiger partial charge in [-0.1, -0.05) is 50.4 Å². The number of halogens is 1. The van der Waals surface area contributed by atoms with E-state index in [2.05, 4.69) is 12.2 Å². The van der Waals surface area contributed by atoms with Crippen LogP contribution in [0.15, 0.2) is 24.3 Å². The van der Waals surface area contributed by atoms with Crippen LogP contribution in [0.25, 0.3) is 0 Å². The van der Waals surface area contributed by atoms with Crippen molar-refractivity contribution in [1.29, 1.82) is 0 Å². The molecule has 3 atom stereocenters. The zero-order chi connectivity index (χ0) is 14.0. The zero-order valence-electron chi connectivity index (χ0n) is 11.3. The largest absolute Gasteiger partial charge is 0.479 e. The molecule has 0 aliphatic heterocycles. The second-order valence-electron chi connectivity index (χ2n) is 5.54. The predicted molar refractivity (Wildman–Crippen MR) is 77.6 cm³/mol. The van der Waals surface area contributed by atoms with Gasteiger partial charge in [0.1, 0.15) is 5.54 Å². The van der Waals surface area contributed by atoms with E-state index in [9.17, 15) is 9.90 Å². The monoisotopic (exact) mass is 281 g/mol. The van der Waals surface area contributed by atoms with Crippen molar-refractivity contribution < 1.29 is 9.90 Å². The Bertz CT molecular complexity index is 477. The lowest BCUT2D eigenvalue weighted by atomic mass is 9.68. The molecule has 104 valence electrons. The number of para-hydroxylation sites is 1. The van der Waals surface area contributed by atoms with Crippen LogP contribution in [0.3, 0.4) is 0 Å². The molecular weight excluding hydrogens is 262 g/mol. The fraction of sp³-hybridized carbons (Fsp3) is 0.533. The van der Waals surface area contributed by atoms with Gasteiger partial charge in [-0.05, 0) is 30.4 Å². The molecule has 0 saturated heterocycles. The van der Waals surface area contributed by atoms with Gasteiger partial charge in [0.15, 0.2) is 0 Å². The first-order valence-corrected chi connectivity index (χ1v) is 7.11. The summed E-state index contributed by atoms with van der Waals surface area (Å²) in [6, 6.07) is 7.31. The first-order valence-electron chi connectivity index (χ1n) is 6.73. The van der Waals surface area contributed by atoms with Crippen LogP contribution in [0.2, 0.25) is 5.02 Å². The highest BCUT2D eigenvalue weighted by Crippen LogP contribution is 2.41. The number of hydrogen-bond donors (Lipinski definition) is 2. The molecular formula is C15H20ClNO2. The summed E-state index contributed by atoms with van der Waals surface area (Å²) in [7, 11) is 0. The average Bonchev–Trinajstić information content (AvgIpc) is 2.37. The second kappa shape index (κ2) is 5.41. The molecule has 1 fully saturated rings. The van der Waals surface area contributed by atoms with Crippen LogP contribution < -0.4 is 5.32 Å². The second-order valence-corrected chi connectivity index (χ2v) is 5.95. The molecule has 2 rings (SSSR count). The maximum atomic E-state index is 11.8. The Hall–Kier alpha value is -1.22. The number of aliphatic carboxylic acids is 1. The number of hydrogen-bond acceptors (Lipinski definition) is 2. The minimum atomic E-state index is -0.914. The summed E-state index contributed by atoms with van der Waals surface area (Å²) in [6.45, 7) is 4.14. The van der Waals surface area contributed by atoms with Crippen LogP contribution in [0.1, 0.15) is 33.1 Å². The van der Waals surface area contributed by atoms with E-state index in [1.807, 2.05) is 25.1 Å².